The van der Waals surface area contributed by atoms with Crippen molar-refractivity contribution >= 4 is 31.3 Å². The van der Waals surface area contributed by atoms with E-state index in [1.165, 1.54) is 24.4 Å². The second-order valence-corrected chi connectivity index (χ2v) is 25.3. The van der Waals surface area contributed by atoms with Gasteiger partial charge in [0.1, 0.15) is 29.3 Å². The zero-order valence-electron chi connectivity index (χ0n) is 44.3. The third-order valence-electron chi connectivity index (χ3n) is 15.4. The molecule has 12 rings (SSSR count). The SMILES string of the molecule is Nc1ncc(-c2ccc(S(=O)(=O)C3CCOCC3)cc2)nc1-c1cc(-c2ccc(CN[C@@H]3CC(c4nc(N)c(-c5cc(-c6ccc(CN[C@H]7CCOC7)cc6F)no5)nc4-c4ccc(S(=O)(=O)C5CCOCC5)cc4)CO3)cc2F)no1. The van der Waals surface area contributed by atoms with E-state index in [0.29, 0.717) is 112 Å². The van der Waals surface area contributed by atoms with E-state index in [9.17, 15) is 16.8 Å². The van der Waals surface area contributed by atoms with Gasteiger partial charge >= 0.3 is 0 Å². The summed E-state index contributed by atoms with van der Waals surface area (Å²) in [5, 5.41) is 14.0. The quantitative estimate of drug-likeness (QED) is 0.0670. The molecular formula is C58H58F2N10O10S2. The minimum atomic E-state index is -3.65. The lowest BCUT2D eigenvalue weighted by molar-refractivity contribution is 0.0816. The summed E-state index contributed by atoms with van der Waals surface area (Å²) in [7, 11) is -7.18. The fourth-order valence-electron chi connectivity index (χ4n) is 10.8. The van der Waals surface area contributed by atoms with Gasteiger partial charge in [-0.05, 0) is 98.2 Å². The van der Waals surface area contributed by atoms with Crippen LogP contribution in [0, 0.1) is 11.6 Å². The Morgan fingerprint density at radius 2 is 1.09 bits per heavy atom. The van der Waals surface area contributed by atoms with E-state index in [-0.39, 0.29) is 92.0 Å². The van der Waals surface area contributed by atoms with Crippen LogP contribution in [0.25, 0.3) is 67.9 Å². The number of nitrogens with one attached hydrogen (secondary N) is 2. The van der Waals surface area contributed by atoms with E-state index < -0.39 is 48.0 Å². The lowest BCUT2D eigenvalue weighted by atomic mass is 9.97. The number of anilines is 2. The van der Waals surface area contributed by atoms with Crippen molar-refractivity contribution in [3.8, 4) is 67.9 Å². The first-order valence-electron chi connectivity index (χ1n) is 27.1. The Kier molecular flexibility index (Phi) is 15.8. The van der Waals surface area contributed by atoms with Gasteiger partial charge in [-0.2, -0.15) is 0 Å². The molecule has 3 atom stereocenters. The van der Waals surface area contributed by atoms with Crippen LogP contribution in [0.1, 0.15) is 61.3 Å². The molecule has 1 unspecified atom stereocenters. The van der Waals surface area contributed by atoms with Crippen LogP contribution in [-0.2, 0) is 51.7 Å². The number of nitrogens with two attached hydrogens (primary N) is 2. The highest BCUT2D eigenvalue weighted by Gasteiger charge is 2.34. The number of hydrogen-bond acceptors (Lipinski definition) is 20. The number of sulfone groups is 2. The number of rotatable bonds is 17. The monoisotopic (exact) mass is 1160 g/mol. The number of nitrogen functional groups attached to an aromatic ring is 2. The van der Waals surface area contributed by atoms with Gasteiger partial charge in [0.2, 0.25) is 0 Å². The van der Waals surface area contributed by atoms with E-state index in [4.69, 9.17) is 49.4 Å². The van der Waals surface area contributed by atoms with Crippen LogP contribution in [0.2, 0.25) is 0 Å². The molecule has 6 N–H and O–H groups in total. The van der Waals surface area contributed by atoms with Crippen LogP contribution >= 0.6 is 0 Å². The smallest absolute Gasteiger partial charge is 0.189 e. The maximum Gasteiger partial charge on any atom is 0.189 e. The molecule has 426 valence electrons. The number of aromatic nitrogens is 6. The molecule has 8 heterocycles. The number of halogens is 2. The first-order chi connectivity index (χ1) is 39.7. The van der Waals surface area contributed by atoms with Crippen molar-refractivity contribution in [2.24, 2.45) is 0 Å². The molecule has 4 fully saturated rings. The maximum absolute atomic E-state index is 16.0. The van der Waals surface area contributed by atoms with Crippen molar-refractivity contribution < 1.29 is 53.6 Å². The van der Waals surface area contributed by atoms with Gasteiger partial charge in [0.05, 0.1) is 56.8 Å². The Bertz CT molecular complexity index is 3850. The summed E-state index contributed by atoms with van der Waals surface area (Å²) in [6, 6.07) is 25.9. The highest BCUT2D eigenvalue weighted by molar-refractivity contribution is 7.92. The zero-order valence-corrected chi connectivity index (χ0v) is 45.9. The van der Waals surface area contributed by atoms with Gasteiger partial charge in [-0.15, -0.1) is 0 Å². The second kappa shape index (κ2) is 23.4. The topological polar surface area (TPSA) is 285 Å². The molecule has 20 nitrogen and oxygen atoms in total. The van der Waals surface area contributed by atoms with Crippen LogP contribution in [0.15, 0.2) is 122 Å². The molecule has 0 bridgehead atoms. The van der Waals surface area contributed by atoms with Gasteiger partial charge in [-0.1, -0.05) is 46.7 Å². The summed E-state index contributed by atoms with van der Waals surface area (Å²) in [6.07, 6.45) is 3.99. The highest BCUT2D eigenvalue weighted by Crippen LogP contribution is 2.39. The molecule has 0 radical (unpaired) electrons. The summed E-state index contributed by atoms with van der Waals surface area (Å²) in [4.78, 5) is 19.2. The molecular weight excluding hydrogens is 1100 g/mol. The fraction of sp³-hybridized carbons (Fsp3) is 0.345. The van der Waals surface area contributed by atoms with Gasteiger partial charge in [-0.25, -0.2) is 45.6 Å². The number of hydrogen-bond donors (Lipinski definition) is 4. The molecule has 4 saturated heterocycles. The van der Waals surface area contributed by atoms with Gasteiger partial charge in [0.15, 0.2) is 54.2 Å². The predicted molar refractivity (Wildman–Crippen MR) is 298 cm³/mol. The molecule has 4 aromatic carbocycles. The second-order valence-electron chi connectivity index (χ2n) is 20.8. The van der Waals surface area contributed by atoms with Crippen molar-refractivity contribution in [3.05, 3.63) is 132 Å². The van der Waals surface area contributed by atoms with E-state index in [0.717, 1.165) is 12.0 Å². The minimum absolute atomic E-state index is 0.0255. The molecule has 8 aromatic rings. The molecule has 0 spiro atoms. The van der Waals surface area contributed by atoms with Gasteiger partial charge in [0, 0.05) is 92.5 Å². The Hall–Kier alpha value is -7.42. The lowest BCUT2D eigenvalue weighted by Gasteiger charge is -2.22. The summed E-state index contributed by atoms with van der Waals surface area (Å²) < 4.78 is 119. The van der Waals surface area contributed by atoms with Crippen molar-refractivity contribution in [1.29, 1.82) is 0 Å². The number of benzene rings is 4. The maximum atomic E-state index is 16.0. The molecule has 4 aliphatic heterocycles. The Balaban J connectivity index is 0.739. The van der Waals surface area contributed by atoms with Crippen LogP contribution in [0.5, 0.6) is 0 Å². The molecule has 4 aromatic heterocycles. The Labute approximate surface area is 471 Å². The first kappa shape index (κ1) is 55.1. The summed E-state index contributed by atoms with van der Waals surface area (Å²) in [5.41, 5.74) is 17.9. The molecule has 0 aliphatic carbocycles. The molecule has 4 aliphatic rings. The van der Waals surface area contributed by atoms with Crippen molar-refractivity contribution in [1.82, 2.24) is 40.9 Å². The van der Waals surface area contributed by atoms with Crippen molar-refractivity contribution in [2.45, 2.75) is 90.1 Å². The van der Waals surface area contributed by atoms with E-state index in [1.807, 2.05) is 6.07 Å². The van der Waals surface area contributed by atoms with E-state index in [1.54, 1.807) is 72.8 Å². The molecule has 0 saturated carbocycles. The number of nitrogens with zero attached hydrogens (tertiary/aromatic N) is 6. The lowest BCUT2D eigenvalue weighted by Crippen LogP contribution is -2.28. The Morgan fingerprint density at radius 3 is 1.63 bits per heavy atom. The number of ether oxygens (including phenoxy) is 4. The zero-order chi connectivity index (χ0) is 56.5. The van der Waals surface area contributed by atoms with Gasteiger partial charge in [0.25, 0.3) is 0 Å². The van der Waals surface area contributed by atoms with E-state index >= 15 is 8.78 Å². The standard InChI is InChI=1S/C58H58F2N10O10S2/c59-45-23-33(28-63-38-13-18-77-32-38)1-11-43(45)48-27-51(80-70-48)56-58(62)68-54(53(67-56)36-5-9-40(10-6-36)82(73,74)42-16-21-76-22-17-42)37-25-52(78-31-37)64-29-34-2-12-44(46(60)24-34)47-26-50(79-69-47)55-57(61)65-30-49(66-55)35-3-7-39(8-4-35)81(71,72)41-14-19-75-20-15-41/h1-12,23-24,26-27,30,37-38,41-42,52,63-64H,13-22,25,28-29,31-32H2,(H2,61,65)(H2,62,68)/t37?,38-,52-/m0/s1. The van der Waals surface area contributed by atoms with Gasteiger partial charge < -0.3 is 44.8 Å². The van der Waals surface area contributed by atoms with Gasteiger partial charge in [-0.3, -0.25) is 5.32 Å². The van der Waals surface area contributed by atoms with Crippen molar-refractivity contribution in [3.63, 3.8) is 0 Å². The largest absolute Gasteiger partial charge is 0.382 e. The average molecular weight is 1160 g/mol. The molecule has 0 amide bonds. The van der Waals surface area contributed by atoms with Crippen molar-refractivity contribution in [2.75, 3.05) is 57.7 Å². The predicted octanol–water partition coefficient (Wildman–Crippen LogP) is 8.09. The third-order valence-corrected chi connectivity index (χ3v) is 20.0. The van der Waals surface area contributed by atoms with Crippen LogP contribution in [-0.4, -0.2) is 116 Å². The molecule has 82 heavy (non-hydrogen) atoms. The third kappa shape index (κ3) is 11.5. The average Bonchev–Trinajstić information content (AvgIpc) is 4.45. The summed E-state index contributed by atoms with van der Waals surface area (Å²) in [6.45, 7) is 3.80. The summed E-state index contributed by atoms with van der Waals surface area (Å²) >= 11 is 0. The first-order valence-corrected chi connectivity index (χ1v) is 30.2. The van der Waals surface area contributed by atoms with E-state index in [2.05, 4.69) is 30.9 Å². The Morgan fingerprint density at radius 1 is 0.549 bits per heavy atom. The normalized spacial score (nSPS) is 19.3. The van der Waals surface area contributed by atoms with Crippen LogP contribution in [0.4, 0.5) is 20.4 Å². The fourth-order valence-corrected chi connectivity index (χ4v) is 14.2. The highest BCUT2D eigenvalue weighted by atomic mass is 32.2. The minimum Gasteiger partial charge on any atom is -0.382 e. The van der Waals surface area contributed by atoms with Crippen LogP contribution in [0.3, 0.4) is 0 Å². The molecule has 24 heteroatoms. The van der Waals surface area contributed by atoms with Crippen LogP contribution < -0.4 is 22.1 Å². The summed E-state index contributed by atoms with van der Waals surface area (Å²) in [5.74, 6) is -1.01.